The average Bonchev–Trinajstić information content (AvgIpc) is 2.41. The van der Waals surface area contributed by atoms with Crippen LogP contribution in [0, 0.1) is 5.92 Å². The first kappa shape index (κ1) is 8.33. The van der Waals surface area contributed by atoms with Crippen LogP contribution in [0.25, 0.3) is 0 Å². The van der Waals surface area contributed by atoms with Gasteiger partial charge in [0, 0.05) is 6.04 Å². The number of aliphatic hydroxyl groups is 1. The minimum atomic E-state index is -0.452. The number of rotatable bonds is 0. The van der Waals surface area contributed by atoms with Gasteiger partial charge < -0.3 is 10.0 Å². The van der Waals surface area contributed by atoms with Crippen LogP contribution >= 0.6 is 0 Å². The highest BCUT2D eigenvalue weighted by molar-refractivity contribution is 6.13. The van der Waals surface area contributed by atoms with Crippen LogP contribution < -0.4 is 0 Å². The van der Waals surface area contributed by atoms with Gasteiger partial charge in [0.05, 0.1) is 14.0 Å². The van der Waals surface area contributed by atoms with Crippen molar-refractivity contribution in [1.82, 2.24) is 4.90 Å². The van der Waals surface area contributed by atoms with Crippen LogP contribution in [0.2, 0.25) is 5.82 Å². The van der Waals surface area contributed by atoms with Gasteiger partial charge in [0.2, 0.25) is 0 Å². The molecule has 0 spiro atoms. The standard InChI is InChI=1S/C9H14BNO/c1-11-5-4-6-2-3-7(12)8(10)9(6)11/h2-3,6-9,12H,4-5H2,1H3. The third-order valence-electron chi connectivity index (χ3n) is 3.11. The summed E-state index contributed by atoms with van der Waals surface area (Å²) in [5.41, 5.74) is 0. The number of nitrogens with zero attached hydrogens (tertiary/aromatic N) is 1. The lowest BCUT2D eigenvalue weighted by Crippen LogP contribution is -2.40. The van der Waals surface area contributed by atoms with E-state index in [4.69, 9.17) is 7.85 Å². The largest absolute Gasteiger partial charge is 0.389 e. The lowest BCUT2D eigenvalue weighted by atomic mass is 9.69. The Bertz CT molecular complexity index is 207. The van der Waals surface area contributed by atoms with Crippen LogP contribution in [0.5, 0.6) is 0 Å². The number of fused-ring (bicyclic) bond motifs is 1. The maximum Gasteiger partial charge on any atom is 0.0760 e. The molecule has 0 amide bonds. The molecule has 64 valence electrons. The molecule has 1 aliphatic carbocycles. The molecule has 1 fully saturated rings. The number of aliphatic hydroxyl groups excluding tert-OH is 1. The van der Waals surface area contributed by atoms with Crippen LogP contribution in [0.1, 0.15) is 6.42 Å². The molecule has 2 aliphatic rings. The molecule has 0 aromatic rings. The zero-order valence-corrected chi connectivity index (χ0v) is 7.35. The Labute approximate surface area is 74.7 Å². The molecule has 2 rings (SSSR count). The molecule has 0 saturated carbocycles. The highest BCUT2D eigenvalue weighted by Crippen LogP contribution is 2.36. The van der Waals surface area contributed by atoms with E-state index in [0.29, 0.717) is 12.0 Å². The summed E-state index contributed by atoms with van der Waals surface area (Å²) in [4.78, 5) is 2.25. The van der Waals surface area contributed by atoms with Crippen molar-refractivity contribution in [3.63, 3.8) is 0 Å². The fraction of sp³-hybridized carbons (Fsp3) is 0.778. The SMILES string of the molecule is [B]C1C(O)C=CC2CCN(C)C21. The minimum Gasteiger partial charge on any atom is -0.389 e. The predicted molar refractivity (Wildman–Crippen MR) is 49.2 cm³/mol. The van der Waals surface area contributed by atoms with Crippen molar-refractivity contribution >= 4 is 7.85 Å². The van der Waals surface area contributed by atoms with Crippen LogP contribution in [-0.2, 0) is 0 Å². The monoisotopic (exact) mass is 163 g/mol. The summed E-state index contributed by atoms with van der Waals surface area (Å²) in [6.07, 6.45) is 4.68. The molecular formula is C9H14BNO. The molecule has 0 aromatic carbocycles. The first-order valence-electron chi connectivity index (χ1n) is 4.52. The van der Waals surface area contributed by atoms with E-state index in [1.165, 1.54) is 6.42 Å². The Morgan fingerprint density at radius 3 is 3.00 bits per heavy atom. The lowest BCUT2D eigenvalue weighted by Gasteiger charge is -2.35. The van der Waals surface area contributed by atoms with Crippen molar-refractivity contribution < 1.29 is 5.11 Å². The second kappa shape index (κ2) is 2.89. The first-order valence-corrected chi connectivity index (χ1v) is 4.52. The second-order valence-electron chi connectivity index (χ2n) is 3.88. The second-order valence-corrected chi connectivity index (χ2v) is 3.88. The molecule has 2 radical (unpaired) electrons. The van der Waals surface area contributed by atoms with E-state index in [-0.39, 0.29) is 5.82 Å². The van der Waals surface area contributed by atoms with E-state index >= 15 is 0 Å². The van der Waals surface area contributed by atoms with E-state index in [9.17, 15) is 5.11 Å². The molecule has 1 saturated heterocycles. The van der Waals surface area contributed by atoms with Crippen LogP contribution in [0.4, 0.5) is 0 Å². The van der Waals surface area contributed by atoms with Gasteiger partial charge in [-0.1, -0.05) is 12.2 Å². The molecule has 0 bridgehead atoms. The van der Waals surface area contributed by atoms with Gasteiger partial charge in [0.15, 0.2) is 0 Å². The summed E-state index contributed by atoms with van der Waals surface area (Å²) < 4.78 is 0. The van der Waals surface area contributed by atoms with Gasteiger partial charge in [-0.3, -0.25) is 0 Å². The molecule has 1 heterocycles. The summed E-state index contributed by atoms with van der Waals surface area (Å²) in [6, 6.07) is 0.352. The van der Waals surface area contributed by atoms with E-state index in [1.54, 1.807) is 0 Å². The third kappa shape index (κ3) is 1.12. The van der Waals surface area contributed by atoms with Gasteiger partial charge in [0.25, 0.3) is 0 Å². The highest BCUT2D eigenvalue weighted by atomic mass is 16.3. The first-order chi connectivity index (χ1) is 5.70. The molecule has 4 unspecified atom stereocenters. The molecule has 0 aromatic heterocycles. The fourth-order valence-electron chi connectivity index (χ4n) is 2.38. The van der Waals surface area contributed by atoms with Crippen LogP contribution in [-0.4, -0.2) is 43.6 Å². The Morgan fingerprint density at radius 2 is 2.25 bits per heavy atom. The Hall–Kier alpha value is -0.275. The lowest BCUT2D eigenvalue weighted by molar-refractivity contribution is 0.148. The van der Waals surface area contributed by atoms with Crippen LogP contribution in [0.3, 0.4) is 0 Å². The molecule has 3 heteroatoms. The van der Waals surface area contributed by atoms with Gasteiger partial charge in [0.1, 0.15) is 0 Å². The summed E-state index contributed by atoms with van der Waals surface area (Å²) in [6.45, 7) is 1.10. The maximum atomic E-state index is 9.50. The molecule has 1 aliphatic heterocycles. The quantitative estimate of drug-likeness (QED) is 0.407. The topological polar surface area (TPSA) is 23.5 Å². The summed E-state index contributed by atoms with van der Waals surface area (Å²) in [5, 5.41) is 9.50. The van der Waals surface area contributed by atoms with Crippen molar-refractivity contribution in [3.05, 3.63) is 12.2 Å². The molecule has 12 heavy (non-hydrogen) atoms. The van der Waals surface area contributed by atoms with Crippen LogP contribution in [0.15, 0.2) is 12.2 Å². The normalized spacial score (nSPS) is 47.8. The smallest absolute Gasteiger partial charge is 0.0760 e. The van der Waals surface area contributed by atoms with Crippen molar-refractivity contribution in [2.45, 2.75) is 24.4 Å². The van der Waals surface area contributed by atoms with Gasteiger partial charge in [-0.2, -0.15) is 0 Å². The maximum absolute atomic E-state index is 9.50. The van der Waals surface area contributed by atoms with Crippen molar-refractivity contribution in [2.24, 2.45) is 5.92 Å². The van der Waals surface area contributed by atoms with Crippen molar-refractivity contribution in [3.8, 4) is 0 Å². The van der Waals surface area contributed by atoms with E-state index in [0.717, 1.165) is 6.54 Å². The van der Waals surface area contributed by atoms with E-state index in [1.807, 2.05) is 6.08 Å². The minimum absolute atomic E-state index is 0.104. The van der Waals surface area contributed by atoms with Crippen molar-refractivity contribution in [2.75, 3.05) is 13.6 Å². The van der Waals surface area contributed by atoms with Gasteiger partial charge in [-0.15, -0.1) is 0 Å². The van der Waals surface area contributed by atoms with Crippen molar-refractivity contribution in [1.29, 1.82) is 0 Å². The summed E-state index contributed by atoms with van der Waals surface area (Å²) in [7, 11) is 7.99. The highest BCUT2D eigenvalue weighted by Gasteiger charge is 2.38. The third-order valence-corrected chi connectivity index (χ3v) is 3.11. The zero-order valence-electron chi connectivity index (χ0n) is 7.35. The number of likely N-dealkylation sites (tertiary alicyclic amines) is 1. The predicted octanol–water partition coefficient (Wildman–Crippen LogP) is 0.194. The Kier molecular flexibility index (Phi) is 2.01. The summed E-state index contributed by atoms with van der Waals surface area (Å²) >= 11 is 0. The molecule has 4 atom stereocenters. The van der Waals surface area contributed by atoms with Gasteiger partial charge in [-0.05, 0) is 31.7 Å². The Balaban J connectivity index is 2.21. The Morgan fingerprint density at radius 1 is 1.50 bits per heavy atom. The average molecular weight is 163 g/mol. The fourth-order valence-corrected chi connectivity index (χ4v) is 2.38. The van der Waals surface area contributed by atoms with Gasteiger partial charge >= 0.3 is 0 Å². The number of hydrogen-bond donors (Lipinski definition) is 1. The van der Waals surface area contributed by atoms with E-state index in [2.05, 4.69) is 18.0 Å². The number of hydrogen-bond acceptors (Lipinski definition) is 2. The van der Waals surface area contributed by atoms with Gasteiger partial charge in [-0.25, -0.2) is 0 Å². The molecule has 1 N–H and O–H groups in total. The summed E-state index contributed by atoms with van der Waals surface area (Å²) in [5.74, 6) is 0.459. The molecule has 2 nitrogen and oxygen atoms in total. The molecular weight excluding hydrogens is 149 g/mol. The van der Waals surface area contributed by atoms with E-state index < -0.39 is 6.10 Å². The zero-order chi connectivity index (χ0) is 8.72.